The molecule has 0 aromatic heterocycles. The van der Waals surface area contributed by atoms with Gasteiger partial charge < -0.3 is 10.1 Å². The van der Waals surface area contributed by atoms with Gasteiger partial charge in [0.2, 0.25) is 5.91 Å². The lowest BCUT2D eigenvalue weighted by molar-refractivity contribution is -0.135. The Hall–Kier alpha value is -1.58. The highest BCUT2D eigenvalue weighted by Gasteiger charge is 2.12. The number of carbonyl (C=O) groups excluding carboxylic acids is 2. The molecule has 1 amide bonds. The van der Waals surface area contributed by atoms with E-state index in [1.54, 1.807) is 0 Å². The molecule has 0 aliphatic carbocycles. The molecule has 4 heteroatoms. The van der Waals surface area contributed by atoms with Crippen LogP contribution in [0.25, 0.3) is 0 Å². The highest BCUT2D eigenvalue weighted by atomic mass is 16.5. The lowest BCUT2D eigenvalue weighted by Crippen LogP contribution is -2.24. The molecular formula is C10H13NO3. The summed E-state index contributed by atoms with van der Waals surface area (Å²) in [4.78, 5) is 22.3. The SMILES string of the molecule is COC(=O)C1=C(C)CCNC(=O)C=C1. The predicted molar refractivity (Wildman–Crippen MR) is 51.5 cm³/mol. The van der Waals surface area contributed by atoms with Crippen LogP contribution in [0.1, 0.15) is 13.3 Å². The van der Waals surface area contributed by atoms with E-state index in [4.69, 9.17) is 0 Å². The summed E-state index contributed by atoms with van der Waals surface area (Å²) in [6, 6.07) is 0. The smallest absolute Gasteiger partial charge is 0.337 e. The first-order chi connectivity index (χ1) is 6.65. The van der Waals surface area contributed by atoms with Gasteiger partial charge in [-0.05, 0) is 19.4 Å². The highest BCUT2D eigenvalue weighted by molar-refractivity contribution is 5.96. The van der Waals surface area contributed by atoms with Crippen LogP contribution in [0, 0.1) is 0 Å². The third-order valence-corrected chi connectivity index (χ3v) is 2.07. The molecule has 0 saturated carbocycles. The molecule has 0 radical (unpaired) electrons. The summed E-state index contributed by atoms with van der Waals surface area (Å²) in [7, 11) is 1.33. The number of amides is 1. The van der Waals surface area contributed by atoms with Crippen molar-refractivity contribution in [3.8, 4) is 0 Å². The van der Waals surface area contributed by atoms with Crippen LogP contribution < -0.4 is 5.32 Å². The van der Waals surface area contributed by atoms with Crippen molar-refractivity contribution in [1.29, 1.82) is 0 Å². The lowest BCUT2D eigenvalue weighted by Gasteiger charge is -2.10. The Morgan fingerprint density at radius 2 is 2.21 bits per heavy atom. The molecule has 1 aliphatic heterocycles. The molecule has 0 fully saturated rings. The van der Waals surface area contributed by atoms with E-state index in [-0.39, 0.29) is 5.91 Å². The maximum Gasteiger partial charge on any atom is 0.337 e. The first-order valence-corrected chi connectivity index (χ1v) is 4.39. The van der Waals surface area contributed by atoms with Gasteiger partial charge >= 0.3 is 5.97 Å². The van der Waals surface area contributed by atoms with Crippen molar-refractivity contribution in [2.45, 2.75) is 13.3 Å². The Kier molecular flexibility index (Phi) is 3.45. The number of carbonyl (C=O) groups is 2. The quantitative estimate of drug-likeness (QED) is 0.622. The van der Waals surface area contributed by atoms with Crippen LogP contribution in [-0.4, -0.2) is 25.5 Å². The second-order valence-electron chi connectivity index (χ2n) is 3.06. The summed E-state index contributed by atoms with van der Waals surface area (Å²) in [5.74, 6) is -0.577. The summed E-state index contributed by atoms with van der Waals surface area (Å²) < 4.78 is 4.61. The molecule has 0 aromatic rings. The third-order valence-electron chi connectivity index (χ3n) is 2.07. The van der Waals surface area contributed by atoms with Crippen LogP contribution >= 0.6 is 0 Å². The summed E-state index contributed by atoms with van der Waals surface area (Å²) in [5.41, 5.74) is 1.40. The van der Waals surface area contributed by atoms with E-state index in [2.05, 4.69) is 10.1 Å². The molecule has 76 valence electrons. The van der Waals surface area contributed by atoms with Crippen molar-refractivity contribution in [2.75, 3.05) is 13.7 Å². The topological polar surface area (TPSA) is 55.4 Å². The molecular weight excluding hydrogens is 182 g/mol. The third kappa shape index (κ3) is 2.45. The fourth-order valence-corrected chi connectivity index (χ4v) is 1.22. The summed E-state index contributed by atoms with van der Waals surface area (Å²) in [6.45, 7) is 2.41. The molecule has 1 heterocycles. The first-order valence-electron chi connectivity index (χ1n) is 4.39. The Balaban J connectivity index is 2.96. The first kappa shape index (κ1) is 10.5. The maximum atomic E-state index is 11.3. The fourth-order valence-electron chi connectivity index (χ4n) is 1.22. The molecule has 14 heavy (non-hydrogen) atoms. The molecule has 0 saturated heterocycles. The van der Waals surface area contributed by atoms with Crippen molar-refractivity contribution in [3.05, 3.63) is 23.3 Å². The summed E-state index contributed by atoms with van der Waals surface area (Å²) >= 11 is 0. The average Bonchev–Trinajstić information content (AvgIpc) is 2.15. The molecule has 4 nitrogen and oxygen atoms in total. The lowest BCUT2D eigenvalue weighted by atomic mass is 10.0. The number of rotatable bonds is 1. The van der Waals surface area contributed by atoms with Gasteiger partial charge in [0.15, 0.2) is 0 Å². The van der Waals surface area contributed by atoms with Gasteiger partial charge in [0.1, 0.15) is 0 Å². The van der Waals surface area contributed by atoms with Gasteiger partial charge in [-0.3, -0.25) is 4.79 Å². The van der Waals surface area contributed by atoms with E-state index in [9.17, 15) is 9.59 Å². The summed E-state index contributed by atoms with van der Waals surface area (Å²) in [6.07, 6.45) is 3.51. The predicted octanol–water partition coefficient (Wildman–Crippen LogP) is 0.552. The van der Waals surface area contributed by atoms with Gasteiger partial charge in [-0.15, -0.1) is 0 Å². The van der Waals surface area contributed by atoms with E-state index in [0.29, 0.717) is 18.5 Å². The number of methoxy groups -OCH3 is 1. The number of nitrogens with one attached hydrogen (secondary N) is 1. The molecule has 1 rings (SSSR count). The van der Waals surface area contributed by atoms with Gasteiger partial charge in [-0.2, -0.15) is 0 Å². The normalized spacial score (nSPS) is 17.1. The van der Waals surface area contributed by atoms with Crippen LogP contribution in [0.5, 0.6) is 0 Å². The van der Waals surface area contributed by atoms with Gasteiger partial charge in [0.05, 0.1) is 12.7 Å². The van der Waals surface area contributed by atoms with Crippen molar-refractivity contribution in [2.24, 2.45) is 0 Å². The van der Waals surface area contributed by atoms with Gasteiger partial charge in [-0.1, -0.05) is 5.57 Å². The van der Waals surface area contributed by atoms with Crippen molar-refractivity contribution < 1.29 is 14.3 Å². The number of esters is 1. The number of hydrogen-bond acceptors (Lipinski definition) is 3. The van der Waals surface area contributed by atoms with Crippen molar-refractivity contribution in [3.63, 3.8) is 0 Å². The fraction of sp³-hybridized carbons (Fsp3) is 0.400. The van der Waals surface area contributed by atoms with E-state index >= 15 is 0 Å². The highest BCUT2D eigenvalue weighted by Crippen LogP contribution is 2.12. The second-order valence-corrected chi connectivity index (χ2v) is 3.06. The Labute approximate surface area is 82.6 Å². The van der Waals surface area contributed by atoms with Gasteiger partial charge in [0.25, 0.3) is 0 Å². The molecule has 0 aromatic carbocycles. The van der Waals surface area contributed by atoms with Crippen LogP contribution in [0.4, 0.5) is 0 Å². The zero-order valence-corrected chi connectivity index (χ0v) is 8.29. The van der Waals surface area contributed by atoms with Crippen LogP contribution in [0.3, 0.4) is 0 Å². The van der Waals surface area contributed by atoms with E-state index < -0.39 is 5.97 Å². The van der Waals surface area contributed by atoms with Gasteiger partial charge in [-0.25, -0.2) is 4.79 Å². The van der Waals surface area contributed by atoms with Crippen LogP contribution in [0.15, 0.2) is 23.3 Å². The van der Waals surface area contributed by atoms with Gasteiger partial charge in [0, 0.05) is 12.6 Å². The van der Waals surface area contributed by atoms with Crippen molar-refractivity contribution in [1.82, 2.24) is 5.32 Å². The second kappa shape index (κ2) is 4.60. The Morgan fingerprint density at radius 3 is 2.86 bits per heavy atom. The maximum absolute atomic E-state index is 11.3. The molecule has 1 N–H and O–H groups in total. The molecule has 0 bridgehead atoms. The molecule has 0 atom stereocenters. The van der Waals surface area contributed by atoms with Crippen LogP contribution in [0.2, 0.25) is 0 Å². The summed E-state index contributed by atoms with van der Waals surface area (Å²) in [5, 5.41) is 2.68. The number of hydrogen-bond donors (Lipinski definition) is 1. The zero-order chi connectivity index (χ0) is 10.6. The number of ether oxygens (including phenoxy) is 1. The molecule has 0 spiro atoms. The monoisotopic (exact) mass is 195 g/mol. The van der Waals surface area contributed by atoms with Crippen LogP contribution in [-0.2, 0) is 14.3 Å². The van der Waals surface area contributed by atoms with Crippen molar-refractivity contribution >= 4 is 11.9 Å². The average molecular weight is 195 g/mol. The largest absolute Gasteiger partial charge is 0.465 e. The minimum atomic E-state index is -0.395. The minimum absolute atomic E-state index is 0.182. The standard InChI is InChI=1S/C10H13NO3/c1-7-5-6-11-9(12)4-3-8(7)10(13)14-2/h3-4H,5-6H2,1-2H3,(H,11,12). The Bertz CT molecular complexity index is 315. The zero-order valence-electron chi connectivity index (χ0n) is 8.29. The molecule has 0 unspecified atom stereocenters. The van der Waals surface area contributed by atoms with E-state index in [1.165, 1.54) is 19.3 Å². The van der Waals surface area contributed by atoms with E-state index in [1.807, 2.05) is 6.92 Å². The Morgan fingerprint density at radius 1 is 1.50 bits per heavy atom. The minimum Gasteiger partial charge on any atom is -0.465 e. The molecule has 1 aliphatic rings. The van der Waals surface area contributed by atoms with E-state index in [0.717, 1.165) is 5.57 Å².